The minimum absolute atomic E-state index is 0.0145. The van der Waals surface area contributed by atoms with Gasteiger partial charge in [0, 0.05) is 34.1 Å². The van der Waals surface area contributed by atoms with Gasteiger partial charge in [-0.15, -0.1) is 0 Å². The van der Waals surface area contributed by atoms with Crippen molar-refractivity contribution in [1.82, 2.24) is 14.8 Å². The number of aromatic amines is 1. The Morgan fingerprint density at radius 3 is 2.97 bits per heavy atom. The highest BCUT2D eigenvalue weighted by molar-refractivity contribution is 5.97. The first-order valence-electron chi connectivity index (χ1n) is 15.5. The third-order valence-electron chi connectivity index (χ3n) is 5.13. The molecule has 0 spiro atoms. The number of likely N-dealkylation sites (N-methyl/N-ethyl adjacent to an activating group) is 1. The van der Waals surface area contributed by atoms with Gasteiger partial charge in [0.05, 0.1) is 24.9 Å². The smallest absolute Gasteiger partial charge is 0.245 e. The summed E-state index contributed by atoms with van der Waals surface area (Å²) >= 11 is 0. The molecule has 2 amide bonds. The van der Waals surface area contributed by atoms with E-state index in [-0.39, 0.29) is 27.1 Å². The number of piperazine rings is 1. The lowest BCUT2D eigenvalue weighted by molar-refractivity contribution is -0.157. The number of amides is 2. The Balaban J connectivity index is 1.72. The van der Waals surface area contributed by atoms with Crippen LogP contribution >= 0.6 is 0 Å². The number of benzene rings is 2. The van der Waals surface area contributed by atoms with E-state index in [1.54, 1.807) is 0 Å². The second-order valence-electron chi connectivity index (χ2n) is 6.62. The summed E-state index contributed by atoms with van der Waals surface area (Å²) in [6.45, 7) is -9.70. The highest BCUT2D eigenvalue weighted by Gasteiger charge is 2.47. The number of ether oxygens (including phenoxy) is 2. The third kappa shape index (κ3) is 2.24. The van der Waals surface area contributed by atoms with Crippen LogP contribution in [0, 0.1) is 0 Å². The standard InChI is InChI=1S/C22H19N3O4/c1-24-10-19(26)25-16(22(24)27)9-14-13-4-2-3-5-15(13)23-20(14)21(25)12-6-7-17-18(8-12)29-11-28-17/h2-8,16,21,23H,9-11H2,1H3/t16-,21?/m1/s1/i1D3,2D,3D,4D,5D,6D,7D,8D,10D2,11D2. The molecule has 7 heteroatoms. The van der Waals surface area contributed by atoms with Gasteiger partial charge in [0.1, 0.15) is 8.78 Å². The molecular weight excluding hydrogens is 370 g/mol. The summed E-state index contributed by atoms with van der Waals surface area (Å²) in [7, 11) is 0. The van der Waals surface area contributed by atoms with Crippen LogP contribution in [0.2, 0.25) is 0 Å². The van der Waals surface area contributed by atoms with E-state index in [0.717, 1.165) is 0 Å². The zero-order valence-corrected chi connectivity index (χ0v) is 14.4. The fraction of sp³-hybridized carbons (Fsp3) is 0.273. The summed E-state index contributed by atoms with van der Waals surface area (Å²) in [6, 6.07) is -8.24. The molecule has 1 saturated heterocycles. The topological polar surface area (TPSA) is 74.9 Å². The monoisotopic (exact) mass is 403 g/mol. The number of hydrogen-bond donors (Lipinski definition) is 1. The fourth-order valence-electron chi connectivity index (χ4n) is 3.92. The van der Waals surface area contributed by atoms with E-state index in [1.807, 2.05) is 0 Å². The van der Waals surface area contributed by atoms with Gasteiger partial charge in [-0.05, 0) is 29.3 Å². The summed E-state index contributed by atoms with van der Waals surface area (Å²) in [5.41, 5.74) is -0.837. The number of H-pyrrole nitrogens is 1. The van der Waals surface area contributed by atoms with Gasteiger partial charge in [-0.2, -0.15) is 0 Å². The number of nitrogens with zero attached hydrogens (tertiary/aromatic N) is 2. The number of fused-ring (bicyclic) bond motifs is 5. The van der Waals surface area contributed by atoms with Crippen LogP contribution in [-0.4, -0.2) is 52.9 Å². The van der Waals surface area contributed by atoms with E-state index in [1.165, 1.54) is 0 Å². The van der Waals surface area contributed by atoms with E-state index >= 15 is 0 Å². The van der Waals surface area contributed by atoms with Gasteiger partial charge in [-0.3, -0.25) is 9.59 Å². The van der Waals surface area contributed by atoms with Crippen molar-refractivity contribution in [1.29, 1.82) is 0 Å². The van der Waals surface area contributed by atoms with Gasteiger partial charge in [0.15, 0.2) is 11.5 Å². The van der Waals surface area contributed by atoms with Gasteiger partial charge >= 0.3 is 0 Å². The second-order valence-corrected chi connectivity index (χ2v) is 6.62. The van der Waals surface area contributed by atoms with Crippen molar-refractivity contribution in [3.05, 3.63) is 59.1 Å². The van der Waals surface area contributed by atoms with Crippen LogP contribution in [-0.2, 0) is 16.0 Å². The Labute approximate surface area is 186 Å². The average molecular weight is 403 g/mol. The maximum absolute atomic E-state index is 13.9. The zero-order chi connectivity index (χ0) is 31.9. The first-order valence-corrected chi connectivity index (χ1v) is 8.51. The zero-order valence-electron chi connectivity index (χ0n) is 28.4. The van der Waals surface area contributed by atoms with Crippen LogP contribution in [0.15, 0.2) is 42.3 Å². The molecule has 3 aliphatic rings. The van der Waals surface area contributed by atoms with Gasteiger partial charge in [-0.25, -0.2) is 0 Å². The summed E-state index contributed by atoms with van der Waals surface area (Å²) in [5.74, 6) is -4.11. The van der Waals surface area contributed by atoms with Crippen molar-refractivity contribution in [2.75, 3.05) is 20.2 Å². The molecule has 4 heterocycles. The number of carbonyl (C=O) groups is 2. The van der Waals surface area contributed by atoms with Crippen molar-refractivity contribution in [3.8, 4) is 11.5 Å². The Bertz CT molecular complexity index is 1800. The van der Waals surface area contributed by atoms with Crippen molar-refractivity contribution in [2.45, 2.75) is 18.5 Å². The number of rotatable bonds is 1. The maximum Gasteiger partial charge on any atom is 0.245 e. The molecule has 2 aromatic carbocycles. The van der Waals surface area contributed by atoms with Gasteiger partial charge < -0.3 is 24.3 Å². The normalized spacial score (nSPS) is 33.7. The molecule has 29 heavy (non-hydrogen) atoms. The van der Waals surface area contributed by atoms with Crippen LogP contribution in [0.3, 0.4) is 0 Å². The summed E-state index contributed by atoms with van der Waals surface area (Å²) in [5, 5.41) is -0.110. The van der Waals surface area contributed by atoms with Crippen molar-refractivity contribution in [3.63, 3.8) is 0 Å². The van der Waals surface area contributed by atoms with Gasteiger partial charge in [0.25, 0.3) is 0 Å². The lowest BCUT2D eigenvalue weighted by Gasteiger charge is -2.46. The first-order chi connectivity index (χ1) is 19.7. The Morgan fingerprint density at radius 1 is 1.21 bits per heavy atom. The van der Waals surface area contributed by atoms with E-state index in [4.69, 9.17) is 28.7 Å². The number of carbonyl (C=O) groups excluding carboxylic acids is 2. The molecule has 7 nitrogen and oxygen atoms in total. The molecule has 0 bridgehead atoms. The summed E-state index contributed by atoms with van der Waals surface area (Å²) < 4.78 is 125. The molecule has 2 atom stereocenters. The van der Waals surface area contributed by atoms with Gasteiger partial charge in [-0.1, -0.05) is 24.2 Å². The van der Waals surface area contributed by atoms with Crippen LogP contribution < -0.4 is 9.47 Å². The van der Waals surface area contributed by atoms with Crippen molar-refractivity contribution >= 4 is 22.7 Å². The van der Waals surface area contributed by atoms with E-state index in [9.17, 15) is 9.59 Å². The quantitative estimate of drug-likeness (QED) is 0.676. The Kier molecular flexibility index (Phi) is 1.54. The molecular formula is C22H19N3O4. The molecule has 3 aliphatic heterocycles. The highest BCUT2D eigenvalue weighted by atomic mass is 16.7. The van der Waals surface area contributed by atoms with Crippen LogP contribution in [0.25, 0.3) is 10.9 Å². The third-order valence-corrected chi connectivity index (χ3v) is 5.13. The van der Waals surface area contributed by atoms with Gasteiger partial charge in [0.2, 0.25) is 18.6 Å². The summed E-state index contributed by atoms with van der Waals surface area (Å²) in [6.07, 6.45) is -0.525. The largest absolute Gasteiger partial charge is 0.454 e. The molecule has 1 fully saturated rings. The molecule has 3 aromatic rings. The Morgan fingerprint density at radius 2 is 2.07 bits per heavy atom. The number of nitrogens with one attached hydrogen (secondary N) is 1. The molecule has 0 radical (unpaired) electrons. The molecule has 0 saturated carbocycles. The van der Waals surface area contributed by atoms with Crippen molar-refractivity contribution in [2.24, 2.45) is 0 Å². The van der Waals surface area contributed by atoms with E-state index < -0.39 is 110 Å². The number of hydrogen-bond acceptors (Lipinski definition) is 4. The SMILES string of the molecule is [2H]c1c([2H])c(C2c3[nH]c4c([2H])c([2H])c([2H])c([2H])c4c3C[C@@H]3C(=O)N(C([2H])([2H])[2H])C([2H])([2H])C(=O)N23)c([2H])c2c1OC([2H])([2H])O2. The Hall–Kier alpha value is -3.48. The maximum atomic E-state index is 13.9. The predicted molar refractivity (Wildman–Crippen MR) is 105 cm³/mol. The number of para-hydroxylation sites is 1. The molecule has 6 rings (SSSR count). The van der Waals surface area contributed by atoms with Crippen LogP contribution in [0.1, 0.15) is 42.1 Å². The molecule has 1 N–H and O–H groups in total. The summed E-state index contributed by atoms with van der Waals surface area (Å²) in [4.78, 5) is 30.9. The minimum Gasteiger partial charge on any atom is -0.454 e. The minimum atomic E-state index is -3.45. The average Bonchev–Trinajstić information content (AvgIpc) is 3.44. The molecule has 1 unspecified atom stereocenters. The van der Waals surface area contributed by atoms with Crippen molar-refractivity contribution < 1.29 is 38.3 Å². The lowest BCUT2D eigenvalue weighted by atomic mass is 9.86. The molecule has 146 valence electrons. The molecule has 1 aromatic heterocycles. The van der Waals surface area contributed by atoms with E-state index in [0.29, 0.717) is 4.90 Å². The molecule has 0 aliphatic carbocycles. The predicted octanol–water partition coefficient (Wildman–Crippen LogP) is 2.21. The van der Waals surface area contributed by atoms with E-state index in [2.05, 4.69) is 4.98 Å². The van der Waals surface area contributed by atoms with Crippen LogP contribution in [0.4, 0.5) is 0 Å². The second kappa shape index (κ2) is 5.76. The highest BCUT2D eigenvalue weighted by Crippen LogP contribution is 2.44. The first kappa shape index (κ1) is 7.74. The lowest BCUT2D eigenvalue weighted by Crippen LogP contribution is -2.62. The van der Waals surface area contributed by atoms with Crippen LogP contribution in [0.5, 0.6) is 11.5 Å². The fourth-order valence-corrected chi connectivity index (χ4v) is 3.92. The number of aromatic nitrogens is 1.